The van der Waals surface area contributed by atoms with Crippen LogP contribution in [0.2, 0.25) is 0 Å². The average molecular weight is 367 g/mol. The third-order valence-corrected chi connectivity index (χ3v) is 5.68. The Hall–Kier alpha value is -2.53. The van der Waals surface area contributed by atoms with Gasteiger partial charge in [0.05, 0.1) is 11.4 Å². The van der Waals surface area contributed by atoms with Gasteiger partial charge in [0.2, 0.25) is 0 Å². The molecule has 0 spiro atoms. The van der Waals surface area contributed by atoms with Crippen molar-refractivity contribution in [2.24, 2.45) is 0 Å². The number of nitrogens with two attached hydrogens (primary N) is 1. The quantitative estimate of drug-likeness (QED) is 0.796. The van der Waals surface area contributed by atoms with Gasteiger partial charge in [0.25, 0.3) is 5.91 Å². The third kappa shape index (κ3) is 4.08. The van der Waals surface area contributed by atoms with E-state index in [0.717, 1.165) is 18.6 Å². The molecule has 2 aromatic carbocycles. The van der Waals surface area contributed by atoms with Crippen LogP contribution in [0, 0.1) is 0 Å². The van der Waals surface area contributed by atoms with Gasteiger partial charge in [-0.15, -0.1) is 0 Å². The number of carbonyl (C=O) groups is 1. The van der Waals surface area contributed by atoms with Gasteiger partial charge in [-0.2, -0.15) is 0 Å². The van der Waals surface area contributed by atoms with Crippen molar-refractivity contribution in [2.75, 3.05) is 18.1 Å². The number of fused-ring (bicyclic) bond motifs is 2. The first-order valence-corrected chi connectivity index (χ1v) is 9.24. The standard InChI is InChI=1S/C21H25N3O2.CH4/c1-24-15-8-9-16(24)13-18(12-15)26-17-10-6-14(7-11-17)21(25)23-20-5-3-2-4-19(20)22;/h2-7,10-11,15-16,18H,8-9,12-13,22H2,1H3,(H,23,25);1H4. The largest absolute Gasteiger partial charge is 0.490 e. The molecule has 2 unspecified atom stereocenters. The van der Waals surface area contributed by atoms with Gasteiger partial charge in [-0.25, -0.2) is 0 Å². The Morgan fingerprint density at radius 1 is 1.07 bits per heavy atom. The zero-order valence-electron chi connectivity index (χ0n) is 15.0. The lowest BCUT2D eigenvalue weighted by Gasteiger charge is -2.36. The molecule has 27 heavy (non-hydrogen) atoms. The van der Waals surface area contributed by atoms with Crippen LogP contribution in [-0.2, 0) is 0 Å². The van der Waals surface area contributed by atoms with Crippen LogP contribution in [0.15, 0.2) is 48.5 Å². The Bertz CT molecular complexity index is 776. The first-order valence-electron chi connectivity index (χ1n) is 9.24. The molecule has 5 nitrogen and oxygen atoms in total. The zero-order valence-corrected chi connectivity index (χ0v) is 15.0. The number of hydrogen-bond donors (Lipinski definition) is 2. The SMILES string of the molecule is C.CN1C2CCC1CC(Oc1ccc(C(=O)Nc3ccccc3N)cc1)C2. The number of ether oxygens (including phenoxy) is 1. The molecule has 144 valence electrons. The van der Waals surface area contributed by atoms with Crippen LogP contribution < -0.4 is 15.8 Å². The Morgan fingerprint density at radius 3 is 2.33 bits per heavy atom. The van der Waals surface area contributed by atoms with E-state index in [0.29, 0.717) is 29.0 Å². The molecule has 2 bridgehead atoms. The normalized spacial score (nSPS) is 24.1. The lowest BCUT2D eigenvalue weighted by atomic mass is 10.0. The Morgan fingerprint density at radius 2 is 1.70 bits per heavy atom. The number of para-hydroxylation sites is 2. The fourth-order valence-corrected chi connectivity index (χ4v) is 4.14. The van der Waals surface area contributed by atoms with Gasteiger partial charge in [-0.1, -0.05) is 19.6 Å². The van der Waals surface area contributed by atoms with Gasteiger partial charge in [-0.05, 0) is 69.1 Å². The highest BCUT2D eigenvalue weighted by atomic mass is 16.5. The van der Waals surface area contributed by atoms with Gasteiger partial charge < -0.3 is 20.7 Å². The van der Waals surface area contributed by atoms with Crippen LogP contribution in [0.5, 0.6) is 5.75 Å². The van der Waals surface area contributed by atoms with E-state index in [1.165, 1.54) is 12.8 Å². The van der Waals surface area contributed by atoms with Crippen LogP contribution in [-0.4, -0.2) is 36.0 Å². The molecule has 3 N–H and O–H groups in total. The number of carbonyl (C=O) groups excluding carboxylic acids is 1. The van der Waals surface area contributed by atoms with Crippen molar-refractivity contribution >= 4 is 17.3 Å². The van der Waals surface area contributed by atoms with E-state index in [4.69, 9.17) is 10.5 Å². The maximum Gasteiger partial charge on any atom is 0.255 e. The van der Waals surface area contributed by atoms with E-state index in [9.17, 15) is 4.79 Å². The molecule has 5 heteroatoms. The van der Waals surface area contributed by atoms with Crippen LogP contribution >= 0.6 is 0 Å². The number of anilines is 2. The average Bonchev–Trinajstić information content (AvgIpc) is 2.85. The fraction of sp³-hybridized carbons (Fsp3) is 0.409. The maximum atomic E-state index is 12.4. The minimum atomic E-state index is -0.174. The lowest BCUT2D eigenvalue weighted by Crippen LogP contribution is -2.43. The summed E-state index contributed by atoms with van der Waals surface area (Å²) in [6.45, 7) is 0. The van der Waals surface area contributed by atoms with E-state index in [1.54, 1.807) is 24.3 Å². The number of hydrogen-bond acceptors (Lipinski definition) is 4. The number of nitrogens with zero attached hydrogens (tertiary/aromatic N) is 1. The molecule has 2 aliphatic heterocycles. The lowest BCUT2D eigenvalue weighted by molar-refractivity contribution is 0.0661. The molecule has 0 aliphatic carbocycles. The number of amides is 1. The van der Waals surface area contributed by atoms with Crippen molar-refractivity contribution in [3.63, 3.8) is 0 Å². The highest BCUT2D eigenvalue weighted by Gasteiger charge is 2.39. The van der Waals surface area contributed by atoms with E-state index in [2.05, 4.69) is 17.3 Å². The van der Waals surface area contributed by atoms with Crippen molar-refractivity contribution in [1.29, 1.82) is 0 Å². The van der Waals surface area contributed by atoms with Crippen molar-refractivity contribution in [2.45, 2.75) is 51.3 Å². The number of nitrogen functional groups attached to an aromatic ring is 1. The van der Waals surface area contributed by atoms with E-state index >= 15 is 0 Å². The summed E-state index contributed by atoms with van der Waals surface area (Å²) in [6, 6.07) is 15.9. The van der Waals surface area contributed by atoms with Gasteiger partial charge in [0, 0.05) is 17.6 Å². The smallest absolute Gasteiger partial charge is 0.255 e. The molecule has 2 atom stereocenters. The van der Waals surface area contributed by atoms with Gasteiger partial charge in [0.1, 0.15) is 11.9 Å². The van der Waals surface area contributed by atoms with E-state index < -0.39 is 0 Å². The Balaban J connectivity index is 0.00000210. The molecule has 2 aromatic rings. The summed E-state index contributed by atoms with van der Waals surface area (Å²) in [5, 5.41) is 2.84. The summed E-state index contributed by atoms with van der Waals surface area (Å²) in [7, 11) is 2.23. The molecule has 2 saturated heterocycles. The van der Waals surface area contributed by atoms with E-state index in [-0.39, 0.29) is 19.4 Å². The molecule has 0 aromatic heterocycles. The summed E-state index contributed by atoms with van der Waals surface area (Å²) in [6.07, 6.45) is 5.00. The molecule has 0 radical (unpaired) electrons. The maximum absolute atomic E-state index is 12.4. The monoisotopic (exact) mass is 367 g/mol. The highest BCUT2D eigenvalue weighted by Crippen LogP contribution is 2.35. The second-order valence-electron chi connectivity index (χ2n) is 7.33. The predicted molar refractivity (Wildman–Crippen MR) is 110 cm³/mol. The molecule has 0 saturated carbocycles. The number of benzene rings is 2. The van der Waals surface area contributed by atoms with Crippen molar-refractivity contribution in [1.82, 2.24) is 4.90 Å². The summed E-state index contributed by atoms with van der Waals surface area (Å²) in [5.41, 5.74) is 7.64. The number of rotatable bonds is 4. The first kappa shape index (κ1) is 19.2. The van der Waals surface area contributed by atoms with Crippen LogP contribution in [0.25, 0.3) is 0 Å². The predicted octanol–water partition coefficient (Wildman–Crippen LogP) is 4.16. The Labute approximate surface area is 161 Å². The summed E-state index contributed by atoms with van der Waals surface area (Å²) >= 11 is 0. The summed E-state index contributed by atoms with van der Waals surface area (Å²) in [4.78, 5) is 14.9. The molecule has 4 rings (SSSR count). The molecule has 2 heterocycles. The summed E-state index contributed by atoms with van der Waals surface area (Å²) < 4.78 is 6.18. The van der Waals surface area contributed by atoms with Crippen LogP contribution in [0.3, 0.4) is 0 Å². The second kappa shape index (κ2) is 8.01. The minimum Gasteiger partial charge on any atom is -0.490 e. The van der Waals surface area contributed by atoms with Crippen molar-refractivity contribution in [3.05, 3.63) is 54.1 Å². The molecular weight excluding hydrogens is 338 g/mol. The number of piperidine rings is 1. The third-order valence-electron chi connectivity index (χ3n) is 5.68. The van der Waals surface area contributed by atoms with Crippen LogP contribution in [0.1, 0.15) is 43.5 Å². The van der Waals surface area contributed by atoms with Crippen molar-refractivity contribution < 1.29 is 9.53 Å². The molecule has 1 amide bonds. The second-order valence-corrected chi connectivity index (χ2v) is 7.33. The van der Waals surface area contributed by atoms with Gasteiger partial charge >= 0.3 is 0 Å². The number of nitrogens with one attached hydrogen (secondary N) is 1. The molecule has 2 aliphatic rings. The van der Waals surface area contributed by atoms with Crippen LogP contribution in [0.4, 0.5) is 11.4 Å². The van der Waals surface area contributed by atoms with Gasteiger partial charge in [0.15, 0.2) is 0 Å². The van der Waals surface area contributed by atoms with Gasteiger partial charge in [-0.3, -0.25) is 4.79 Å². The first-order chi connectivity index (χ1) is 12.6. The fourth-order valence-electron chi connectivity index (χ4n) is 4.14. The molecular formula is C22H29N3O2. The minimum absolute atomic E-state index is 0. The zero-order chi connectivity index (χ0) is 18.1. The van der Waals surface area contributed by atoms with Crippen molar-refractivity contribution in [3.8, 4) is 5.75 Å². The summed E-state index contributed by atoms with van der Waals surface area (Å²) in [5.74, 6) is 0.654. The van der Waals surface area contributed by atoms with E-state index in [1.807, 2.05) is 24.3 Å². The Kier molecular flexibility index (Phi) is 5.71. The molecule has 2 fully saturated rings. The highest BCUT2D eigenvalue weighted by molar-refractivity contribution is 6.05. The topological polar surface area (TPSA) is 67.6 Å².